The fraction of sp³-hybridized carbons (Fsp3) is 0.333. The molecule has 0 bridgehead atoms. The van der Waals surface area contributed by atoms with E-state index in [1.807, 2.05) is 0 Å². The number of aliphatic carboxylic acids is 1. The Morgan fingerprint density at radius 3 is 2.74 bits per heavy atom. The van der Waals surface area contributed by atoms with Gasteiger partial charge in [0, 0.05) is 6.07 Å². The van der Waals surface area contributed by atoms with Crippen molar-refractivity contribution in [2.24, 2.45) is 0 Å². The van der Waals surface area contributed by atoms with Gasteiger partial charge in [0.1, 0.15) is 17.6 Å². The number of carbonyl (C=O) groups excluding carboxylic acids is 1. The molecule has 0 heterocycles. The average molecular weight is 290 g/mol. The summed E-state index contributed by atoms with van der Waals surface area (Å²) in [6, 6.07) is 2.72. The number of hydrogen-bond donors (Lipinski definition) is 2. The molecule has 0 spiro atoms. The van der Waals surface area contributed by atoms with Crippen molar-refractivity contribution in [2.45, 2.75) is 19.4 Å². The maximum Gasteiger partial charge on any atom is 0.326 e. The third-order valence-electron chi connectivity index (χ3n) is 2.30. The van der Waals surface area contributed by atoms with Gasteiger partial charge in [-0.1, -0.05) is 18.5 Å². The first-order chi connectivity index (χ1) is 8.93. The lowest BCUT2D eigenvalue weighted by Gasteiger charge is -2.12. The van der Waals surface area contributed by atoms with Crippen LogP contribution in [0.5, 0.6) is 5.75 Å². The van der Waals surface area contributed by atoms with Crippen LogP contribution in [0.15, 0.2) is 18.2 Å². The van der Waals surface area contributed by atoms with Gasteiger partial charge in [0.2, 0.25) is 0 Å². The number of benzene rings is 1. The number of amides is 1. The number of halogens is 2. The highest BCUT2D eigenvalue weighted by Gasteiger charge is 2.17. The van der Waals surface area contributed by atoms with Gasteiger partial charge in [0.15, 0.2) is 6.61 Å². The summed E-state index contributed by atoms with van der Waals surface area (Å²) >= 11 is 5.54. The van der Waals surface area contributed by atoms with E-state index in [-0.39, 0.29) is 23.8 Å². The van der Waals surface area contributed by atoms with E-state index in [1.54, 1.807) is 6.92 Å². The van der Waals surface area contributed by atoms with Gasteiger partial charge in [-0.15, -0.1) is 0 Å². The van der Waals surface area contributed by atoms with Crippen molar-refractivity contribution in [3.8, 4) is 5.75 Å². The topological polar surface area (TPSA) is 75.6 Å². The second-order valence-electron chi connectivity index (χ2n) is 3.73. The van der Waals surface area contributed by atoms with Gasteiger partial charge < -0.3 is 15.2 Å². The van der Waals surface area contributed by atoms with Gasteiger partial charge in [-0.05, 0) is 18.6 Å². The minimum atomic E-state index is -1.11. The maximum absolute atomic E-state index is 12.9. The minimum absolute atomic E-state index is 0.116. The number of carboxylic acid groups (broad SMARTS) is 1. The maximum atomic E-state index is 12.9. The molecule has 5 nitrogen and oxygen atoms in total. The molecule has 2 N–H and O–H groups in total. The predicted molar refractivity (Wildman–Crippen MR) is 66.8 cm³/mol. The van der Waals surface area contributed by atoms with Crippen molar-refractivity contribution in [2.75, 3.05) is 6.61 Å². The van der Waals surface area contributed by atoms with Gasteiger partial charge in [0.25, 0.3) is 5.91 Å². The van der Waals surface area contributed by atoms with E-state index in [4.69, 9.17) is 21.4 Å². The Morgan fingerprint density at radius 1 is 1.53 bits per heavy atom. The highest BCUT2D eigenvalue weighted by molar-refractivity contribution is 6.30. The van der Waals surface area contributed by atoms with Crippen LogP contribution in [-0.2, 0) is 9.59 Å². The molecule has 19 heavy (non-hydrogen) atoms. The van der Waals surface area contributed by atoms with Crippen LogP contribution in [0.2, 0.25) is 5.02 Å². The van der Waals surface area contributed by atoms with E-state index < -0.39 is 23.7 Å². The molecule has 1 rings (SSSR count). The summed E-state index contributed by atoms with van der Waals surface area (Å²) in [6.07, 6.45) is 0.267. The van der Waals surface area contributed by atoms with E-state index in [2.05, 4.69) is 5.32 Å². The van der Waals surface area contributed by atoms with Crippen LogP contribution in [0, 0.1) is 5.82 Å². The van der Waals surface area contributed by atoms with E-state index >= 15 is 0 Å². The van der Waals surface area contributed by atoms with Crippen LogP contribution in [0.4, 0.5) is 4.39 Å². The molecule has 0 aliphatic heterocycles. The average Bonchev–Trinajstić information content (AvgIpc) is 2.37. The summed E-state index contributed by atoms with van der Waals surface area (Å²) < 4.78 is 17.9. The van der Waals surface area contributed by atoms with Crippen molar-refractivity contribution in [3.05, 3.63) is 29.0 Å². The van der Waals surface area contributed by atoms with Gasteiger partial charge in [-0.2, -0.15) is 0 Å². The molecule has 1 amide bonds. The molecule has 1 aromatic carbocycles. The van der Waals surface area contributed by atoms with E-state index in [9.17, 15) is 14.0 Å². The quantitative estimate of drug-likeness (QED) is 0.838. The molecule has 104 valence electrons. The molecule has 1 atom stereocenters. The second-order valence-corrected chi connectivity index (χ2v) is 4.14. The van der Waals surface area contributed by atoms with E-state index in [1.165, 1.54) is 12.1 Å². The molecular formula is C12H13ClFNO4. The van der Waals surface area contributed by atoms with Gasteiger partial charge in [-0.25, -0.2) is 9.18 Å². The monoisotopic (exact) mass is 289 g/mol. The molecule has 0 fully saturated rings. The molecular weight excluding hydrogens is 277 g/mol. The highest BCUT2D eigenvalue weighted by atomic mass is 35.5. The van der Waals surface area contributed by atoms with Gasteiger partial charge in [-0.3, -0.25) is 4.79 Å². The van der Waals surface area contributed by atoms with Crippen molar-refractivity contribution in [1.29, 1.82) is 0 Å². The van der Waals surface area contributed by atoms with Gasteiger partial charge >= 0.3 is 5.97 Å². The lowest BCUT2D eigenvalue weighted by Crippen LogP contribution is -2.42. The number of rotatable bonds is 6. The first-order valence-corrected chi connectivity index (χ1v) is 5.91. The number of nitrogens with one attached hydrogen (secondary N) is 1. The Morgan fingerprint density at radius 2 is 2.21 bits per heavy atom. The van der Waals surface area contributed by atoms with Crippen LogP contribution in [0.3, 0.4) is 0 Å². The Kier molecular flexibility index (Phi) is 5.57. The molecule has 0 aromatic heterocycles. The van der Waals surface area contributed by atoms with Crippen LogP contribution < -0.4 is 10.1 Å². The number of carboxylic acids is 1. The SMILES string of the molecule is CCC(NC(=O)COc1ccc(F)c(Cl)c1)C(=O)O. The summed E-state index contributed by atoms with van der Waals surface area (Å²) in [5, 5.41) is 10.9. The lowest BCUT2D eigenvalue weighted by atomic mass is 10.2. The van der Waals surface area contributed by atoms with Crippen molar-refractivity contribution < 1.29 is 23.8 Å². The Bertz CT molecular complexity index is 481. The zero-order valence-electron chi connectivity index (χ0n) is 10.2. The summed E-state index contributed by atoms with van der Waals surface area (Å²) in [6.45, 7) is 1.27. The lowest BCUT2D eigenvalue weighted by molar-refractivity contribution is -0.142. The van der Waals surface area contributed by atoms with Crippen molar-refractivity contribution in [1.82, 2.24) is 5.32 Å². The molecule has 7 heteroatoms. The Labute approximate surface area is 114 Å². The first-order valence-electron chi connectivity index (χ1n) is 5.54. The van der Waals surface area contributed by atoms with Crippen molar-refractivity contribution >= 4 is 23.5 Å². The van der Waals surface area contributed by atoms with E-state index in [0.29, 0.717) is 0 Å². The molecule has 0 aliphatic rings. The molecule has 0 saturated carbocycles. The largest absolute Gasteiger partial charge is 0.484 e. The van der Waals surface area contributed by atoms with Crippen molar-refractivity contribution in [3.63, 3.8) is 0 Å². The van der Waals surface area contributed by atoms with Crippen LogP contribution in [-0.4, -0.2) is 29.6 Å². The summed E-state index contributed by atoms with van der Waals surface area (Å²) in [7, 11) is 0. The minimum Gasteiger partial charge on any atom is -0.484 e. The third kappa shape index (κ3) is 4.75. The predicted octanol–water partition coefficient (Wildman–Crippen LogP) is 1.84. The second kappa shape index (κ2) is 6.94. The molecule has 0 radical (unpaired) electrons. The Balaban J connectivity index is 2.49. The fourth-order valence-electron chi connectivity index (χ4n) is 1.29. The van der Waals surface area contributed by atoms with Gasteiger partial charge in [0.05, 0.1) is 5.02 Å². The molecule has 0 aliphatic carbocycles. The number of ether oxygens (including phenoxy) is 1. The highest BCUT2D eigenvalue weighted by Crippen LogP contribution is 2.20. The Hall–Kier alpha value is -1.82. The fourth-order valence-corrected chi connectivity index (χ4v) is 1.46. The van der Waals surface area contributed by atoms with Crippen LogP contribution in [0.25, 0.3) is 0 Å². The molecule has 1 unspecified atom stereocenters. The molecule has 1 aromatic rings. The smallest absolute Gasteiger partial charge is 0.326 e. The zero-order valence-corrected chi connectivity index (χ0v) is 10.9. The number of hydrogen-bond acceptors (Lipinski definition) is 3. The van der Waals surface area contributed by atoms with E-state index in [0.717, 1.165) is 6.07 Å². The first kappa shape index (κ1) is 15.2. The normalized spacial score (nSPS) is 11.7. The summed E-state index contributed by atoms with van der Waals surface area (Å²) in [4.78, 5) is 22.1. The third-order valence-corrected chi connectivity index (χ3v) is 2.59. The summed E-state index contributed by atoms with van der Waals surface area (Å²) in [5.41, 5.74) is 0. The molecule has 0 saturated heterocycles. The zero-order chi connectivity index (χ0) is 14.4. The van der Waals surface area contributed by atoms with Crippen LogP contribution >= 0.6 is 11.6 Å². The summed E-state index contributed by atoms with van der Waals surface area (Å²) in [5.74, 6) is -2.05. The standard InChI is InChI=1S/C12H13ClFNO4/c1-2-10(12(17)18)15-11(16)6-19-7-3-4-9(14)8(13)5-7/h3-5,10H,2,6H2,1H3,(H,15,16)(H,17,18). The van der Waals surface area contributed by atoms with Crippen LogP contribution in [0.1, 0.15) is 13.3 Å². The number of carbonyl (C=O) groups is 2.